The minimum atomic E-state index is -0.191. The van der Waals surface area contributed by atoms with Crippen LogP contribution < -0.4 is 0 Å². The van der Waals surface area contributed by atoms with Crippen molar-refractivity contribution in [3.8, 4) is 0 Å². The minimum Gasteiger partial charge on any atom is -0.341 e. The van der Waals surface area contributed by atoms with Crippen molar-refractivity contribution in [1.82, 2.24) is 19.8 Å². The van der Waals surface area contributed by atoms with Crippen LogP contribution in [0, 0.1) is 11.7 Å². The fourth-order valence-corrected chi connectivity index (χ4v) is 3.78. The summed E-state index contributed by atoms with van der Waals surface area (Å²) in [5, 5.41) is 0. The van der Waals surface area contributed by atoms with Crippen LogP contribution in [0.3, 0.4) is 0 Å². The fourth-order valence-electron chi connectivity index (χ4n) is 3.78. The number of aryl methyl sites for hydroxylation is 1. The van der Waals surface area contributed by atoms with Crippen molar-refractivity contribution in [1.29, 1.82) is 0 Å². The molecule has 1 aliphatic rings. The molecule has 0 saturated carbocycles. The van der Waals surface area contributed by atoms with E-state index in [4.69, 9.17) is 0 Å². The second-order valence-corrected chi connectivity index (χ2v) is 7.61. The summed E-state index contributed by atoms with van der Waals surface area (Å²) in [7, 11) is 1.85. The summed E-state index contributed by atoms with van der Waals surface area (Å²) in [6, 6.07) is 6.75. The maximum atomic E-state index is 13.0. The Kier molecular flexibility index (Phi) is 7.09. The molecule has 0 N–H and O–H groups in total. The van der Waals surface area contributed by atoms with E-state index >= 15 is 0 Å². The Morgan fingerprint density at radius 3 is 2.64 bits per heavy atom. The Balaban J connectivity index is 1.49. The van der Waals surface area contributed by atoms with Crippen molar-refractivity contribution in [2.75, 3.05) is 33.2 Å². The van der Waals surface area contributed by atoms with Crippen LogP contribution >= 0.6 is 0 Å². The van der Waals surface area contributed by atoms with Gasteiger partial charge in [0.25, 0.3) is 5.91 Å². The molecule has 0 aliphatic carbocycles. The van der Waals surface area contributed by atoms with E-state index in [0.717, 1.165) is 63.3 Å². The van der Waals surface area contributed by atoms with Gasteiger partial charge in [0.15, 0.2) is 0 Å². The van der Waals surface area contributed by atoms with Crippen LogP contribution in [0.25, 0.3) is 0 Å². The number of aromatic nitrogens is 2. The van der Waals surface area contributed by atoms with Crippen molar-refractivity contribution in [3.63, 3.8) is 0 Å². The van der Waals surface area contributed by atoms with Crippen molar-refractivity contribution in [3.05, 3.63) is 59.4 Å². The van der Waals surface area contributed by atoms with E-state index in [2.05, 4.69) is 14.9 Å². The average molecular weight is 384 g/mol. The average Bonchev–Trinajstić information content (AvgIpc) is 2.73. The molecule has 1 aromatic heterocycles. The van der Waals surface area contributed by atoms with E-state index in [1.54, 1.807) is 17.3 Å². The first-order chi connectivity index (χ1) is 13.5. The predicted molar refractivity (Wildman–Crippen MR) is 108 cm³/mol. The van der Waals surface area contributed by atoms with Gasteiger partial charge in [-0.3, -0.25) is 4.79 Å². The Bertz CT molecular complexity index is 763. The Hall–Kier alpha value is -2.34. The summed E-state index contributed by atoms with van der Waals surface area (Å²) < 4.78 is 13.0. The molecule has 150 valence electrons. The number of carbonyl (C=O) groups excluding carboxylic acids is 1. The van der Waals surface area contributed by atoms with Gasteiger partial charge in [-0.1, -0.05) is 19.1 Å². The van der Waals surface area contributed by atoms with Crippen LogP contribution in [0.2, 0.25) is 0 Å². The molecule has 0 unspecified atom stereocenters. The molecule has 2 aromatic rings. The van der Waals surface area contributed by atoms with Crippen LogP contribution in [0.4, 0.5) is 4.39 Å². The van der Waals surface area contributed by atoms with Crippen molar-refractivity contribution in [2.24, 2.45) is 5.92 Å². The number of nitrogens with zero attached hydrogens (tertiary/aromatic N) is 4. The molecule has 3 rings (SSSR count). The van der Waals surface area contributed by atoms with Crippen LogP contribution in [0.1, 0.15) is 41.5 Å². The number of halogens is 1. The lowest BCUT2D eigenvalue weighted by molar-refractivity contribution is 0.0729. The van der Waals surface area contributed by atoms with Crippen molar-refractivity contribution < 1.29 is 9.18 Å². The Labute approximate surface area is 166 Å². The molecule has 1 aromatic carbocycles. The zero-order valence-corrected chi connectivity index (χ0v) is 16.8. The third kappa shape index (κ3) is 5.58. The van der Waals surface area contributed by atoms with Crippen molar-refractivity contribution in [2.45, 2.75) is 32.6 Å². The van der Waals surface area contributed by atoms with E-state index in [0.29, 0.717) is 11.5 Å². The normalized spacial score (nSPS) is 17.5. The number of carbonyl (C=O) groups is 1. The van der Waals surface area contributed by atoms with Gasteiger partial charge in [0, 0.05) is 45.5 Å². The van der Waals surface area contributed by atoms with E-state index < -0.39 is 0 Å². The zero-order valence-electron chi connectivity index (χ0n) is 16.8. The molecular formula is C22H29FN4O. The maximum absolute atomic E-state index is 13.0. The first kappa shape index (κ1) is 20.4. The molecule has 1 fully saturated rings. The summed E-state index contributed by atoms with van der Waals surface area (Å²) in [5.74, 6) is 1.00. The first-order valence-electron chi connectivity index (χ1n) is 10.1. The molecular weight excluding hydrogens is 355 g/mol. The Morgan fingerprint density at radius 1 is 1.25 bits per heavy atom. The number of rotatable bonds is 7. The van der Waals surface area contributed by atoms with E-state index in [9.17, 15) is 9.18 Å². The molecule has 1 aliphatic heterocycles. The van der Waals surface area contributed by atoms with Gasteiger partial charge in [0.1, 0.15) is 11.6 Å². The second kappa shape index (κ2) is 9.73. The number of likely N-dealkylation sites (tertiary alicyclic amines) is 1. The number of piperidine rings is 1. The van der Waals surface area contributed by atoms with Crippen LogP contribution in [0.15, 0.2) is 36.7 Å². The number of hydrogen-bond donors (Lipinski definition) is 0. The smallest absolute Gasteiger partial charge is 0.256 e. The van der Waals surface area contributed by atoms with Gasteiger partial charge in [-0.25, -0.2) is 14.4 Å². The van der Waals surface area contributed by atoms with Crippen molar-refractivity contribution >= 4 is 5.91 Å². The van der Waals surface area contributed by atoms with Gasteiger partial charge >= 0.3 is 0 Å². The van der Waals surface area contributed by atoms with Gasteiger partial charge in [-0.05, 0) is 49.4 Å². The maximum Gasteiger partial charge on any atom is 0.256 e. The van der Waals surface area contributed by atoms with Gasteiger partial charge < -0.3 is 9.80 Å². The molecule has 5 nitrogen and oxygen atoms in total. The minimum absolute atomic E-state index is 0.0221. The molecule has 2 heterocycles. The summed E-state index contributed by atoms with van der Waals surface area (Å²) in [6.07, 6.45) is 7.21. The molecule has 28 heavy (non-hydrogen) atoms. The lowest BCUT2D eigenvalue weighted by atomic mass is 9.97. The largest absolute Gasteiger partial charge is 0.341 e. The topological polar surface area (TPSA) is 49.3 Å². The highest BCUT2D eigenvalue weighted by molar-refractivity contribution is 5.93. The predicted octanol–water partition coefficient (Wildman–Crippen LogP) is 3.20. The van der Waals surface area contributed by atoms with E-state index in [-0.39, 0.29) is 11.7 Å². The van der Waals surface area contributed by atoms with Gasteiger partial charge in [0.2, 0.25) is 0 Å². The van der Waals surface area contributed by atoms with Gasteiger partial charge in [-0.15, -0.1) is 0 Å². The first-order valence-corrected chi connectivity index (χ1v) is 10.1. The van der Waals surface area contributed by atoms with E-state index in [1.165, 1.54) is 12.1 Å². The third-order valence-corrected chi connectivity index (χ3v) is 5.38. The van der Waals surface area contributed by atoms with E-state index in [1.807, 2.05) is 26.1 Å². The molecule has 6 heteroatoms. The standard InChI is InChI=1S/C22H29FN4O/c1-3-21-24-13-19(14-25-21)22(28)26(2)15-18-5-4-11-27(16-18)12-10-17-6-8-20(23)9-7-17/h6-9,13-14,18H,3-5,10-12,15-16H2,1-2H3/t18-/m0/s1. The quantitative estimate of drug-likeness (QED) is 0.736. The highest BCUT2D eigenvalue weighted by Crippen LogP contribution is 2.18. The fraction of sp³-hybridized carbons (Fsp3) is 0.500. The third-order valence-electron chi connectivity index (χ3n) is 5.38. The van der Waals surface area contributed by atoms with Crippen LogP contribution in [-0.2, 0) is 12.8 Å². The highest BCUT2D eigenvalue weighted by Gasteiger charge is 2.23. The molecule has 1 saturated heterocycles. The number of amides is 1. The molecule has 0 bridgehead atoms. The lowest BCUT2D eigenvalue weighted by Crippen LogP contribution is -2.42. The summed E-state index contributed by atoms with van der Waals surface area (Å²) in [5.41, 5.74) is 1.70. The molecule has 0 spiro atoms. The molecule has 1 atom stereocenters. The van der Waals surface area contributed by atoms with Gasteiger partial charge in [-0.2, -0.15) is 0 Å². The highest BCUT2D eigenvalue weighted by atomic mass is 19.1. The summed E-state index contributed by atoms with van der Waals surface area (Å²) >= 11 is 0. The summed E-state index contributed by atoms with van der Waals surface area (Å²) in [6.45, 7) is 5.77. The Morgan fingerprint density at radius 2 is 1.96 bits per heavy atom. The lowest BCUT2D eigenvalue weighted by Gasteiger charge is -2.34. The number of benzene rings is 1. The summed E-state index contributed by atoms with van der Waals surface area (Å²) in [4.78, 5) is 25.3. The van der Waals surface area contributed by atoms with Crippen LogP contribution in [0.5, 0.6) is 0 Å². The van der Waals surface area contributed by atoms with Gasteiger partial charge in [0.05, 0.1) is 5.56 Å². The zero-order chi connectivity index (χ0) is 19.9. The number of hydrogen-bond acceptors (Lipinski definition) is 4. The second-order valence-electron chi connectivity index (χ2n) is 7.61. The molecule has 0 radical (unpaired) electrons. The SMILES string of the molecule is CCc1ncc(C(=O)N(C)C[C@@H]2CCCN(CCc3ccc(F)cc3)C2)cn1. The monoisotopic (exact) mass is 384 g/mol. The van der Waals surface area contributed by atoms with Crippen LogP contribution in [-0.4, -0.2) is 58.9 Å². The molecule has 1 amide bonds.